The highest BCUT2D eigenvalue weighted by Crippen LogP contribution is 2.33. The van der Waals surface area contributed by atoms with Crippen LogP contribution in [0.25, 0.3) is 0 Å². The first-order chi connectivity index (χ1) is 10.1. The van der Waals surface area contributed by atoms with E-state index in [4.69, 9.17) is 19.9 Å². The van der Waals surface area contributed by atoms with E-state index in [9.17, 15) is 4.39 Å². The highest BCUT2D eigenvalue weighted by atomic mass is 19.1. The average Bonchev–Trinajstić information content (AvgIpc) is 2.49. The van der Waals surface area contributed by atoms with Gasteiger partial charge in [0.15, 0.2) is 17.3 Å². The minimum absolute atomic E-state index is 0.0853. The fourth-order valence-corrected chi connectivity index (χ4v) is 1.75. The fourth-order valence-electron chi connectivity index (χ4n) is 1.75. The molecule has 0 atom stereocenters. The molecule has 0 aliphatic heterocycles. The van der Waals surface area contributed by atoms with Gasteiger partial charge in [0.1, 0.15) is 11.5 Å². The summed E-state index contributed by atoms with van der Waals surface area (Å²) in [6.45, 7) is 2.71. The predicted octanol–water partition coefficient (Wildman–Crippen LogP) is 4.00. The van der Waals surface area contributed by atoms with E-state index < -0.39 is 5.82 Å². The Labute approximate surface area is 123 Å². The van der Waals surface area contributed by atoms with E-state index in [1.165, 1.54) is 19.2 Å². The number of nitrogens with two attached hydrogens (primary N) is 1. The van der Waals surface area contributed by atoms with Crippen molar-refractivity contribution >= 4 is 5.69 Å². The molecule has 2 N–H and O–H groups in total. The van der Waals surface area contributed by atoms with Gasteiger partial charge in [-0.1, -0.05) is 6.92 Å². The summed E-state index contributed by atoms with van der Waals surface area (Å²) < 4.78 is 29.5. The van der Waals surface area contributed by atoms with Crippen LogP contribution >= 0.6 is 0 Å². The maximum atomic E-state index is 13.5. The molecule has 5 heteroatoms. The van der Waals surface area contributed by atoms with Crippen LogP contribution in [0.2, 0.25) is 0 Å². The van der Waals surface area contributed by atoms with Crippen LogP contribution in [-0.2, 0) is 0 Å². The number of rotatable bonds is 6. The van der Waals surface area contributed by atoms with Crippen LogP contribution in [0.3, 0.4) is 0 Å². The lowest BCUT2D eigenvalue weighted by Crippen LogP contribution is -1.97. The lowest BCUT2D eigenvalue weighted by atomic mass is 10.2. The molecule has 0 bridgehead atoms. The number of ether oxygens (including phenoxy) is 3. The lowest BCUT2D eigenvalue weighted by Gasteiger charge is -2.11. The van der Waals surface area contributed by atoms with Crippen LogP contribution in [0.4, 0.5) is 10.1 Å². The molecule has 0 saturated heterocycles. The molecule has 0 spiro atoms. The largest absolute Gasteiger partial charge is 0.494 e. The van der Waals surface area contributed by atoms with Crippen molar-refractivity contribution in [3.63, 3.8) is 0 Å². The van der Waals surface area contributed by atoms with Gasteiger partial charge in [-0.05, 0) is 30.7 Å². The van der Waals surface area contributed by atoms with Crippen molar-refractivity contribution in [2.24, 2.45) is 0 Å². The summed E-state index contributed by atoms with van der Waals surface area (Å²) >= 11 is 0. The van der Waals surface area contributed by atoms with Crippen LogP contribution in [0, 0.1) is 5.82 Å². The third-order valence-electron chi connectivity index (χ3n) is 2.81. The van der Waals surface area contributed by atoms with Gasteiger partial charge in [0, 0.05) is 12.1 Å². The zero-order valence-corrected chi connectivity index (χ0v) is 12.1. The summed E-state index contributed by atoms with van der Waals surface area (Å²) in [4.78, 5) is 0. The SMILES string of the molecule is CCCOc1ccc(Oc2cc(OC)c(F)cc2N)cc1. The number of hydrogen-bond donors (Lipinski definition) is 1. The molecule has 0 aliphatic carbocycles. The Morgan fingerprint density at radius 1 is 1.05 bits per heavy atom. The first-order valence-corrected chi connectivity index (χ1v) is 6.67. The van der Waals surface area contributed by atoms with E-state index in [0.29, 0.717) is 18.1 Å². The smallest absolute Gasteiger partial charge is 0.167 e. The number of methoxy groups -OCH3 is 1. The molecule has 0 aliphatic rings. The zero-order valence-electron chi connectivity index (χ0n) is 12.1. The Hall–Kier alpha value is -2.43. The number of hydrogen-bond acceptors (Lipinski definition) is 4. The van der Waals surface area contributed by atoms with Crippen LogP contribution in [0.5, 0.6) is 23.0 Å². The maximum Gasteiger partial charge on any atom is 0.167 e. The Bertz CT molecular complexity index is 599. The third kappa shape index (κ3) is 3.78. The summed E-state index contributed by atoms with van der Waals surface area (Å²) in [6, 6.07) is 9.74. The van der Waals surface area contributed by atoms with Crippen molar-refractivity contribution in [2.45, 2.75) is 13.3 Å². The Balaban J connectivity index is 2.14. The predicted molar refractivity (Wildman–Crippen MR) is 79.7 cm³/mol. The van der Waals surface area contributed by atoms with Crippen LogP contribution < -0.4 is 19.9 Å². The summed E-state index contributed by atoms with van der Waals surface area (Å²) in [6.07, 6.45) is 0.949. The van der Waals surface area contributed by atoms with Crippen molar-refractivity contribution in [1.29, 1.82) is 0 Å². The van der Waals surface area contributed by atoms with Gasteiger partial charge in [-0.3, -0.25) is 0 Å². The number of nitrogen functional groups attached to an aromatic ring is 1. The minimum Gasteiger partial charge on any atom is -0.494 e. The van der Waals surface area contributed by atoms with Crippen molar-refractivity contribution in [3.05, 3.63) is 42.2 Å². The van der Waals surface area contributed by atoms with E-state index in [1.54, 1.807) is 12.1 Å². The Kier molecular flexibility index (Phi) is 4.87. The molecule has 0 saturated carbocycles. The van der Waals surface area contributed by atoms with Gasteiger partial charge in [-0.15, -0.1) is 0 Å². The maximum absolute atomic E-state index is 13.5. The second kappa shape index (κ2) is 6.83. The molecule has 0 radical (unpaired) electrons. The van der Waals surface area contributed by atoms with Gasteiger partial charge in [0.25, 0.3) is 0 Å². The highest BCUT2D eigenvalue weighted by molar-refractivity contribution is 5.57. The van der Waals surface area contributed by atoms with Gasteiger partial charge < -0.3 is 19.9 Å². The molecule has 21 heavy (non-hydrogen) atoms. The monoisotopic (exact) mass is 291 g/mol. The van der Waals surface area contributed by atoms with Gasteiger partial charge in [0.05, 0.1) is 19.4 Å². The molecular formula is C16H18FNO3. The van der Waals surface area contributed by atoms with Crippen molar-refractivity contribution < 1.29 is 18.6 Å². The molecule has 2 aromatic carbocycles. The van der Waals surface area contributed by atoms with Crippen LogP contribution in [-0.4, -0.2) is 13.7 Å². The first kappa shape index (κ1) is 15.0. The molecule has 2 aromatic rings. The minimum atomic E-state index is -0.523. The van der Waals surface area contributed by atoms with E-state index >= 15 is 0 Å². The van der Waals surface area contributed by atoms with Crippen molar-refractivity contribution in [1.82, 2.24) is 0 Å². The molecule has 0 unspecified atom stereocenters. The lowest BCUT2D eigenvalue weighted by molar-refractivity contribution is 0.317. The average molecular weight is 291 g/mol. The third-order valence-corrected chi connectivity index (χ3v) is 2.81. The number of benzene rings is 2. The summed E-state index contributed by atoms with van der Waals surface area (Å²) in [5.41, 5.74) is 5.95. The normalized spacial score (nSPS) is 10.2. The highest BCUT2D eigenvalue weighted by Gasteiger charge is 2.10. The van der Waals surface area contributed by atoms with Crippen LogP contribution in [0.15, 0.2) is 36.4 Å². The molecule has 4 nitrogen and oxygen atoms in total. The van der Waals surface area contributed by atoms with Gasteiger partial charge in [-0.25, -0.2) is 4.39 Å². The summed E-state index contributed by atoms with van der Waals surface area (Å²) in [5, 5.41) is 0. The molecule has 0 heterocycles. The summed E-state index contributed by atoms with van der Waals surface area (Å²) in [7, 11) is 1.39. The van der Waals surface area contributed by atoms with Gasteiger partial charge in [0.2, 0.25) is 0 Å². The standard InChI is InChI=1S/C16H18FNO3/c1-3-8-20-11-4-6-12(7-5-11)21-16-10-15(19-2)13(17)9-14(16)18/h4-7,9-10H,3,8,18H2,1-2H3. The zero-order chi connectivity index (χ0) is 15.2. The summed E-state index contributed by atoms with van der Waals surface area (Å²) in [5.74, 6) is 1.26. The Morgan fingerprint density at radius 3 is 2.33 bits per heavy atom. The van der Waals surface area contributed by atoms with Gasteiger partial charge in [-0.2, -0.15) is 0 Å². The van der Waals surface area contributed by atoms with Crippen LogP contribution in [0.1, 0.15) is 13.3 Å². The van der Waals surface area contributed by atoms with E-state index in [0.717, 1.165) is 12.2 Å². The quantitative estimate of drug-likeness (QED) is 0.817. The molecule has 2 rings (SSSR count). The van der Waals surface area contributed by atoms with E-state index in [1.807, 2.05) is 19.1 Å². The molecule has 0 aromatic heterocycles. The molecule has 0 fully saturated rings. The molecule has 112 valence electrons. The fraction of sp³-hybridized carbons (Fsp3) is 0.250. The van der Waals surface area contributed by atoms with Crippen molar-refractivity contribution in [2.75, 3.05) is 19.5 Å². The van der Waals surface area contributed by atoms with Crippen molar-refractivity contribution in [3.8, 4) is 23.0 Å². The second-order valence-electron chi connectivity index (χ2n) is 4.45. The Morgan fingerprint density at radius 2 is 1.71 bits per heavy atom. The molecular weight excluding hydrogens is 273 g/mol. The topological polar surface area (TPSA) is 53.7 Å². The number of halogens is 1. The first-order valence-electron chi connectivity index (χ1n) is 6.67. The van der Waals surface area contributed by atoms with E-state index in [-0.39, 0.29) is 11.4 Å². The second-order valence-corrected chi connectivity index (χ2v) is 4.45. The van der Waals surface area contributed by atoms with E-state index in [2.05, 4.69) is 0 Å². The number of anilines is 1. The van der Waals surface area contributed by atoms with Gasteiger partial charge >= 0.3 is 0 Å². The molecule has 0 amide bonds.